The van der Waals surface area contributed by atoms with E-state index in [0.717, 1.165) is 25.5 Å². The molecular formula is C15H26N6O3S. The Bertz CT molecular complexity index is 652. The number of likely N-dealkylation sites (N-methyl/N-ethyl adjacent to an activating group) is 1. The number of methoxy groups -OCH3 is 1. The van der Waals surface area contributed by atoms with Crippen LogP contribution in [0.1, 0.15) is 6.42 Å². The van der Waals surface area contributed by atoms with Crippen molar-refractivity contribution in [1.82, 2.24) is 24.5 Å². The summed E-state index contributed by atoms with van der Waals surface area (Å²) in [5.74, 6) is 0.849. The van der Waals surface area contributed by atoms with Gasteiger partial charge in [0.1, 0.15) is 0 Å². The second-order valence-electron chi connectivity index (χ2n) is 6.80. The first-order valence-electron chi connectivity index (χ1n) is 8.46. The Morgan fingerprint density at radius 2 is 2.12 bits per heavy atom. The molecule has 10 heteroatoms. The van der Waals surface area contributed by atoms with Crippen molar-refractivity contribution >= 4 is 16.0 Å². The number of hydrogen-bond donors (Lipinski definition) is 2. The maximum absolute atomic E-state index is 12.4. The number of anilines is 1. The standard InChI is InChI=1S/C15H26N6O3S/c1-20-9-13(10-20)18-25(22,23)19-14-5-7-21(8-12(14)11-24-2)15-4-3-6-16-17-15/h3-4,6,12-14,18-19H,5,7-11H2,1-2H3/t12-,14-/m0/s1. The highest BCUT2D eigenvalue weighted by Gasteiger charge is 2.34. The molecule has 2 saturated heterocycles. The molecule has 3 heterocycles. The molecule has 0 amide bonds. The van der Waals surface area contributed by atoms with Gasteiger partial charge in [-0.05, 0) is 25.6 Å². The third-order valence-electron chi connectivity index (χ3n) is 4.69. The van der Waals surface area contributed by atoms with Crippen LogP contribution in [-0.4, -0.2) is 82.5 Å². The molecule has 0 radical (unpaired) electrons. The Hall–Kier alpha value is -1.33. The van der Waals surface area contributed by atoms with Gasteiger partial charge in [0.2, 0.25) is 0 Å². The molecule has 0 saturated carbocycles. The van der Waals surface area contributed by atoms with Gasteiger partial charge in [0, 0.05) is 57.5 Å². The SMILES string of the molecule is COC[C@@H]1CN(c2cccnn2)CC[C@@H]1NS(=O)(=O)NC1CN(C)C1. The fraction of sp³-hybridized carbons (Fsp3) is 0.733. The van der Waals surface area contributed by atoms with E-state index in [1.54, 1.807) is 13.3 Å². The van der Waals surface area contributed by atoms with Gasteiger partial charge in [-0.1, -0.05) is 0 Å². The van der Waals surface area contributed by atoms with E-state index in [9.17, 15) is 8.42 Å². The number of rotatable bonds is 7. The zero-order chi connectivity index (χ0) is 17.9. The highest BCUT2D eigenvalue weighted by atomic mass is 32.2. The van der Waals surface area contributed by atoms with Crippen LogP contribution in [0.3, 0.4) is 0 Å². The maximum Gasteiger partial charge on any atom is 0.277 e. The van der Waals surface area contributed by atoms with Crippen molar-refractivity contribution in [2.45, 2.75) is 18.5 Å². The molecule has 25 heavy (non-hydrogen) atoms. The summed E-state index contributed by atoms with van der Waals surface area (Å²) in [6, 6.07) is 3.59. The molecule has 2 atom stereocenters. The number of ether oxygens (including phenoxy) is 1. The third-order valence-corrected chi connectivity index (χ3v) is 5.95. The van der Waals surface area contributed by atoms with Crippen LogP contribution in [0.2, 0.25) is 0 Å². The lowest BCUT2D eigenvalue weighted by atomic mass is 9.93. The van der Waals surface area contributed by atoms with Crippen LogP contribution in [-0.2, 0) is 14.9 Å². The largest absolute Gasteiger partial charge is 0.384 e. The first-order valence-corrected chi connectivity index (χ1v) is 9.95. The van der Waals surface area contributed by atoms with Crippen molar-refractivity contribution in [3.63, 3.8) is 0 Å². The Kier molecular flexibility index (Phi) is 5.85. The first kappa shape index (κ1) is 18.5. The highest BCUT2D eigenvalue weighted by molar-refractivity contribution is 7.87. The Morgan fingerprint density at radius 3 is 2.76 bits per heavy atom. The maximum atomic E-state index is 12.4. The second-order valence-corrected chi connectivity index (χ2v) is 8.27. The molecule has 0 aromatic carbocycles. The lowest BCUT2D eigenvalue weighted by Gasteiger charge is -2.40. The smallest absolute Gasteiger partial charge is 0.277 e. The van der Waals surface area contributed by atoms with Crippen LogP contribution < -0.4 is 14.3 Å². The van der Waals surface area contributed by atoms with Gasteiger partial charge in [0.15, 0.2) is 5.82 Å². The molecule has 2 aliphatic rings. The predicted molar refractivity (Wildman–Crippen MR) is 94.5 cm³/mol. The van der Waals surface area contributed by atoms with Crippen LogP contribution in [0, 0.1) is 5.92 Å². The minimum absolute atomic E-state index is 0.0111. The van der Waals surface area contributed by atoms with Crippen molar-refractivity contribution in [1.29, 1.82) is 0 Å². The molecule has 2 aliphatic heterocycles. The van der Waals surface area contributed by atoms with Gasteiger partial charge in [0.25, 0.3) is 10.2 Å². The van der Waals surface area contributed by atoms with E-state index in [4.69, 9.17) is 4.74 Å². The van der Waals surface area contributed by atoms with Crippen LogP contribution in [0.5, 0.6) is 0 Å². The number of hydrogen-bond acceptors (Lipinski definition) is 7. The molecule has 0 spiro atoms. The number of nitrogens with one attached hydrogen (secondary N) is 2. The average Bonchev–Trinajstić information content (AvgIpc) is 2.55. The van der Waals surface area contributed by atoms with E-state index in [0.29, 0.717) is 19.6 Å². The molecule has 0 aliphatic carbocycles. The summed E-state index contributed by atoms with van der Waals surface area (Å²) in [6.07, 6.45) is 2.33. The molecule has 140 valence electrons. The van der Waals surface area contributed by atoms with Crippen LogP contribution >= 0.6 is 0 Å². The van der Waals surface area contributed by atoms with Gasteiger partial charge < -0.3 is 14.5 Å². The summed E-state index contributed by atoms with van der Waals surface area (Å²) in [5, 5.41) is 8.06. The van der Waals surface area contributed by atoms with Gasteiger partial charge in [-0.2, -0.15) is 23.0 Å². The predicted octanol–water partition coefficient (Wildman–Crippen LogP) is -0.944. The van der Waals surface area contributed by atoms with Crippen molar-refractivity contribution in [2.75, 3.05) is 51.8 Å². The van der Waals surface area contributed by atoms with Gasteiger partial charge >= 0.3 is 0 Å². The van der Waals surface area contributed by atoms with E-state index in [2.05, 4.69) is 29.4 Å². The monoisotopic (exact) mass is 370 g/mol. The van der Waals surface area contributed by atoms with Crippen molar-refractivity contribution in [3.05, 3.63) is 18.3 Å². The molecule has 1 aromatic rings. The Morgan fingerprint density at radius 1 is 1.32 bits per heavy atom. The van der Waals surface area contributed by atoms with Crippen LogP contribution in [0.4, 0.5) is 5.82 Å². The fourth-order valence-corrected chi connectivity index (χ4v) is 4.83. The normalized spacial score (nSPS) is 25.8. The molecule has 1 aromatic heterocycles. The van der Waals surface area contributed by atoms with E-state index in [1.165, 1.54) is 0 Å². The van der Waals surface area contributed by atoms with E-state index in [1.807, 2.05) is 19.2 Å². The van der Waals surface area contributed by atoms with E-state index in [-0.39, 0.29) is 18.0 Å². The van der Waals surface area contributed by atoms with Gasteiger partial charge in [-0.3, -0.25) is 0 Å². The number of nitrogens with zero attached hydrogens (tertiary/aromatic N) is 4. The molecular weight excluding hydrogens is 344 g/mol. The lowest BCUT2D eigenvalue weighted by Crippen LogP contribution is -2.61. The Balaban J connectivity index is 1.61. The number of piperidine rings is 1. The summed E-state index contributed by atoms with van der Waals surface area (Å²) in [4.78, 5) is 4.19. The zero-order valence-corrected chi connectivity index (χ0v) is 15.4. The van der Waals surface area contributed by atoms with Crippen molar-refractivity contribution in [2.24, 2.45) is 5.92 Å². The minimum atomic E-state index is -3.53. The number of likely N-dealkylation sites (tertiary alicyclic amines) is 1. The highest BCUT2D eigenvalue weighted by Crippen LogP contribution is 2.22. The van der Waals surface area contributed by atoms with Crippen LogP contribution in [0.25, 0.3) is 0 Å². The summed E-state index contributed by atoms with van der Waals surface area (Å²) in [5.41, 5.74) is 0. The summed E-state index contributed by atoms with van der Waals surface area (Å²) in [7, 11) is 0.0747. The van der Waals surface area contributed by atoms with Gasteiger partial charge in [-0.15, -0.1) is 5.10 Å². The average molecular weight is 370 g/mol. The van der Waals surface area contributed by atoms with Gasteiger partial charge in [0.05, 0.1) is 6.61 Å². The summed E-state index contributed by atoms with van der Waals surface area (Å²) < 4.78 is 35.6. The lowest BCUT2D eigenvalue weighted by molar-refractivity contribution is 0.128. The summed E-state index contributed by atoms with van der Waals surface area (Å²) in [6.45, 7) is 3.36. The number of aromatic nitrogens is 2. The van der Waals surface area contributed by atoms with Crippen molar-refractivity contribution in [3.8, 4) is 0 Å². The quantitative estimate of drug-likeness (QED) is 0.639. The minimum Gasteiger partial charge on any atom is -0.384 e. The second kappa shape index (κ2) is 7.92. The molecule has 2 fully saturated rings. The van der Waals surface area contributed by atoms with Crippen LogP contribution in [0.15, 0.2) is 18.3 Å². The van der Waals surface area contributed by atoms with E-state index < -0.39 is 10.2 Å². The molecule has 2 N–H and O–H groups in total. The van der Waals surface area contributed by atoms with Crippen molar-refractivity contribution < 1.29 is 13.2 Å². The molecule has 0 bridgehead atoms. The topological polar surface area (TPSA) is 99.7 Å². The molecule has 0 unspecified atom stereocenters. The molecule has 3 rings (SSSR count). The molecule has 9 nitrogen and oxygen atoms in total. The fourth-order valence-electron chi connectivity index (χ4n) is 3.47. The first-order chi connectivity index (χ1) is 12.0. The van der Waals surface area contributed by atoms with E-state index >= 15 is 0 Å². The third kappa shape index (κ3) is 4.85. The summed E-state index contributed by atoms with van der Waals surface area (Å²) >= 11 is 0. The Labute approximate surface area is 148 Å². The van der Waals surface area contributed by atoms with Gasteiger partial charge in [-0.25, -0.2) is 0 Å². The zero-order valence-electron chi connectivity index (χ0n) is 14.6.